The zero-order valence-electron chi connectivity index (χ0n) is 7.37. The number of hydrogen-bond acceptors (Lipinski definition) is 6. The van der Waals surface area contributed by atoms with Crippen LogP contribution in [0.25, 0.3) is 0 Å². The van der Waals surface area contributed by atoms with Gasteiger partial charge in [0.1, 0.15) is 12.2 Å². The number of aliphatic carboxylic acids is 1. The molecule has 6 heteroatoms. The number of rotatable bonds is 2. The van der Waals surface area contributed by atoms with E-state index in [1.807, 2.05) is 0 Å². The van der Waals surface area contributed by atoms with Gasteiger partial charge >= 0.3 is 0 Å². The Morgan fingerprint density at radius 3 is 2.36 bits per heavy atom. The van der Waals surface area contributed by atoms with Gasteiger partial charge in [-0.1, -0.05) is 0 Å². The molecule has 2 unspecified atom stereocenters. The number of aliphatic hydroxyl groups excluding tert-OH is 3. The van der Waals surface area contributed by atoms with Crippen LogP contribution in [0.5, 0.6) is 0 Å². The van der Waals surface area contributed by atoms with E-state index in [-0.39, 0.29) is 0 Å². The zero-order valence-corrected chi connectivity index (χ0v) is 7.37. The molecule has 0 saturated carbocycles. The summed E-state index contributed by atoms with van der Waals surface area (Å²) in [6, 6.07) is 0. The van der Waals surface area contributed by atoms with Crippen molar-refractivity contribution in [1.29, 1.82) is 0 Å². The number of carboxylic acids is 1. The first kappa shape index (κ1) is 11.4. The molecule has 3 N–H and O–H groups in total. The maximum absolute atomic E-state index is 10.2. The Bertz CT molecular complexity index is 218. The Balaban J connectivity index is 2.65. The Kier molecular flexibility index (Phi) is 3.43. The number of hydrogen-bond donors (Lipinski definition) is 3. The molecule has 1 aliphatic heterocycles. The first-order chi connectivity index (χ1) is 6.43. The van der Waals surface area contributed by atoms with Gasteiger partial charge in [0.25, 0.3) is 0 Å². The smallest absolute Gasteiger partial charge is 0.109 e. The summed E-state index contributed by atoms with van der Waals surface area (Å²) in [5.74, 6) is -1.40. The van der Waals surface area contributed by atoms with Crippen molar-refractivity contribution >= 4 is 5.97 Å². The summed E-state index contributed by atoms with van der Waals surface area (Å²) < 4.78 is 4.90. The lowest BCUT2D eigenvalue weighted by Crippen LogP contribution is -2.57. The van der Waals surface area contributed by atoms with Gasteiger partial charge in [0.15, 0.2) is 0 Å². The second kappa shape index (κ2) is 4.22. The summed E-state index contributed by atoms with van der Waals surface area (Å²) in [7, 11) is 0. The molecule has 1 heterocycles. The van der Waals surface area contributed by atoms with E-state index in [0.29, 0.717) is 0 Å². The van der Waals surface area contributed by atoms with Crippen LogP contribution < -0.4 is 5.11 Å². The van der Waals surface area contributed by atoms with Gasteiger partial charge in [-0.15, -0.1) is 0 Å². The van der Waals surface area contributed by atoms with Crippen molar-refractivity contribution in [2.24, 2.45) is 0 Å². The van der Waals surface area contributed by atoms with Crippen molar-refractivity contribution in [3.63, 3.8) is 0 Å². The second-order valence-corrected chi connectivity index (χ2v) is 3.26. The summed E-state index contributed by atoms with van der Waals surface area (Å²) in [6.07, 6.45) is -6.81. The molecule has 82 valence electrons. The molecule has 1 fully saturated rings. The quantitative estimate of drug-likeness (QED) is 0.409. The maximum atomic E-state index is 10.2. The lowest BCUT2D eigenvalue weighted by Gasteiger charge is -2.42. The van der Waals surface area contributed by atoms with Gasteiger partial charge in [0.05, 0.1) is 12.2 Å². The van der Waals surface area contributed by atoms with Crippen molar-refractivity contribution in [3.8, 4) is 0 Å². The Labute approximate surface area is 80.7 Å². The third-order valence-electron chi connectivity index (χ3n) is 2.18. The molecule has 6 nitrogen and oxygen atoms in total. The summed E-state index contributed by atoms with van der Waals surface area (Å²) >= 11 is 0. The van der Waals surface area contributed by atoms with Gasteiger partial charge in [-0.05, 0) is 6.10 Å². The Hall–Kier alpha value is -0.690. The van der Waals surface area contributed by atoms with Gasteiger partial charge in [-0.25, -0.2) is 0 Å². The first-order valence-corrected chi connectivity index (χ1v) is 4.16. The molecular weight excluding hydrogens is 192 g/mol. The minimum Gasteiger partial charge on any atom is -0.550 e. The van der Waals surface area contributed by atoms with E-state index < -0.39 is 42.9 Å². The van der Waals surface area contributed by atoms with Crippen LogP contribution in [0, 0.1) is 6.92 Å². The number of carbonyl (C=O) groups is 1. The van der Waals surface area contributed by atoms with E-state index in [9.17, 15) is 25.2 Å². The lowest BCUT2D eigenvalue weighted by atomic mass is 9.94. The van der Waals surface area contributed by atoms with E-state index in [4.69, 9.17) is 4.74 Å². The zero-order chi connectivity index (χ0) is 10.9. The SMILES string of the molecule is [CH2-][C@@H]1OC(CC(=O)[O-])[C@H](O)[C@H](O)C1O. The fraction of sp³-hybridized carbons (Fsp3) is 0.750. The topological polar surface area (TPSA) is 110 Å². The first-order valence-electron chi connectivity index (χ1n) is 4.16. The lowest BCUT2D eigenvalue weighted by molar-refractivity contribution is -0.311. The number of carbonyl (C=O) groups excluding carboxylic acids is 1. The largest absolute Gasteiger partial charge is 0.550 e. The fourth-order valence-corrected chi connectivity index (χ4v) is 1.36. The third kappa shape index (κ3) is 2.21. The minimum absolute atomic E-state index is 0.545. The molecule has 0 bridgehead atoms. The van der Waals surface area contributed by atoms with Gasteiger partial charge in [-0.2, -0.15) is 0 Å². The Morgan fingerprint density at radius 2 is 1.86 bits per heavy atom. The van der Waals surface area contributed by atoms with Crippen LogP contribution in [-0.2, 0) is 9.53 Å². The minimum atomic E-state index is -1.45. The monoisotopic (exact) mass is 204 g/mol. The highest BCUT2D eigenvalue weighted by atomic mass is 16.5. The van der Waals surface area contributed by atoms with E-state index in [2.05, 4.69) is 6.92 Å². The molecule has 1 aliphatic rings. The van der Waals surface area contributed by atoms with E-state index in [0.717, 1.165) is 0 Å². The Morgan fingerprint density at radius 1 is 1.29 bits per heavy atom. The molecular formula is C8H12O6-2. The molecule has 0 aromatic rings. The highest BCUT2D eigenvalue weighted by molar-refractivity contribution is 5.65. The number of aliphatic hydroxyl groups is 3. The standard InChI is InChI=1S/C8H13O6/c1-3-6(11)8(13)7(12)4(14-3)2-5(9)10/h3-4,6-8,11-13H,1-2H2,(H,9,10)/q-1/p-1/t3-,4?,6?,7-,8+/m0/s1. The van der Waals surface area contributed by atoms with Gasteiger partial charge in [0, 0.05) is 12.4 Å². The summed E-state index contributed by atoms with van der Waals surface area (Å²) in [6.45, 7) is 3.36. The van der Waals surface area contributed by atoms with Crippen molar-refractivity contribution in [3.05, 3.63) is 6.92 Å². The van der Waals surface area contributed by atoms with Crippen LogP contribution in [0.3, 0.4) is 0 Å². The fourth-order valence-electron chi connectivity index (χ4n) is 1.36. The van der Waals surface area contributed by atoms with Crippen LogP contribution in [0.15, 0.2) is 0 Å². The molecule has 5 atom stereocenters. The molecule has 0 amide bonds. The molecule has 1 rings (SSSR count). The summed E-state index contributed by atoms with van der Waals surface area (Å²) in [5, 5.41) is 38.0. The number of ether oxygens (including phenoxy) is 1. The molecule has 0 aliphatic carbocycles. The maximum Gasteiger partial charge on any atom is 0.109 e. The average molecular weight is 204 g/mol. The summed E-state index contributed by atoms with van der Waals surface area (Å²) in [4.78, 5) is 10.2. The predicted molar refractivity (Wildman–Crippen MR) is 41.7 cm³/mol. The van der Waals surface area contributed by atoms with Crippen molar-refractivity contribution in [2.45, 2.75) is 36.9 Å². The number of carboxylic acid groups (broad SMARTS) is 1. The average Bonchev–Trinajstić information content (AvgIpc) is 2.10. The van der Waals surface area contributed by atoms with Crippen LogP contribution in [0.2, 0.25) is 0 Å². The van der Waals surface area contributed by atoms with Gasteiger partial charge in [0.2, 0.25) is 0 Å². The normalized spacial score (nSPS) is 43.6. The van der Waals surface area contributed by atoms with Crippen molar-refractivity contribution in [1.82, 2.24) is 0 Å². The van der Waals surface area contributed by atoms with Crippen molar-refractivity contribution < 1.29 is 30.0 Å². The highest BCUT2D eigenvalue weighted by Gasteiger charge is 2.38. The van der Waals surface area contributed by atoms with Crippen molar-refractivity contribution in [2.75, 3.05) is 0 Å². The second-order valence-electron chi connectivity index (χ2n) is 3.26. The molecule has 0 radical (unpaired) electrons. The van der Waals surface area contributed by atoms with Gasteiger partial charge in [-0.3, -0.25) is 0 Å². The summed E-state index contributed by atoms with van der Waals surface area (Å²) in [5.41, 5.74) is 0. The van der Waals surface area contributed by atoms with Gasteiger partial charge < -0.3 is 36.9 Å². The van der Waals surface area contributed by atoms with Crippen LogP contribution >= 0.6 is 0 Å². The highest BCUT2D eigenvalue weighted by Crippen LogP contribution is 2.22. The third-order valence-corrected chi connectivity index (χ3v) is 2.18. The molecule has 1 saturated heterocycles. The molecule has 0 spiro atoms. The molecule has 0 aromatic heterocycles. The van der Waals surface area contributed by atoms with Crippen LogP contribution in [0.1, 0.15) is 6.42 Å². The molecule has 0 aromatic carbocycles. The van der Waals surface area contributed by atoms with E-state index >= 15 is 0 Å². The van der Waals surface area contributed by atoms with Crippen LogP contribution in [-0.4, -0.2) is 51.8 Å². The van der Waals surface area contributed by atoms with E-state index in [1.165, 1.54) is 0 Å². The molecule has 14 heavy (non-hydrogen) atoms. The predicted octanol–water partition coefficient (Wildman–Crippen LogP) is -3.19. The van der Waals surface area contributed by atoms with E-state index in [1.54, 1.807) is 0 Å². The van der Waals surface area contributed by atoms with Crippen LogP contribution in [0.4, 0.5) is 0 Å².